The van der Waals surface area contributed by atoms with Gasteiger partial charge in [-0.1, -0.05) is 18.6 Å². The van der Waals surface area contributed by atoms with Gasteiger partial charge in [0.2, 0.25) is 0 Å². The van der Waals surface area contributed by atoms with Crippen molar-refractivity contribution in [3.63, 3.8) is 0 Å². The molecule has 1 heterocycles. The minimum Gasteiger partial charge on any atom is -0.297 e. The summed E-state index contributed by atoms with van der Waals surface area (Å²) in [6.45, 7) is 11.5. The van der Waals surface area contributed by atoms with Gasteiger partial charge in [-0.05, 0) is 46.1 Å². The molecular formula is C12H23N. The van der Waals surface area contributed by atoms with Gasteiger partial charge in [0.15, 0.2) is 0 Å². The van der Waals surface area contributed by atoms with Crippen LogP contribution in [0.1, 0.15) is 40.5 Å². The maximum atomic E-state index is 2.59. The number of allylic oxidation sites excluding steroid dienone is 1. The molecular weight excluding hydrogens is 158 g/mol. The lowest BCUT2D eigenvalue weighted by atomic mass is 9.93. The summed E-state index contributed by atoms with van der Waals surface area (Å²) in [5, 5.41) is 0. The molecule has 1 fully saturated rings. The van der Waals surface area contributed by atoms with Crippen LogP contribution in [-0.2, 0) is 0 Å². The van der Waals surface area contributed by atoms with Crippen molar-refractivity contribution in [3.8, 4) is 0 Å². The van der Waals surface area contributed by atoms with E-state index in [1.807, 2.05) is 0 Å². The van der Waals surface area contributed by atoms with E-state index in [-0.39, 0.29) is 0 Å². The lowest BCUT2D eigenvalue weighted by Gasteiger charge is -2.35. The first kappa shape index (κ1) is 10.8. The molecule has 0 radical (unpaired) electrons. The highest BCUT2D eigenvalue weighted by Crippen LogP contribution is 2.21. The highest BCUT2D eigenvalue weighted by atomic mass is 15.2. The van der Waals surface area contributed by atoms with Crippen molar-refractivity contribution in [3.05, 3.63) is 11.6 Å². The van der Waals surface area contributed by atoms with E-state index in [0.717, 1.165) is 18.5 Å². The van der Waals surface area contributed by atoms with Gasteiger partial charge in [-0.15, -0.1) is 0 Å². The van der Waals surface area contributed by atoms with Crippen LogP contribution in [0, 0.1) is 5.92 Å². The van der Waals surface area contributed by atoms with Crippen LogP contribution in [0.25, 0.3) is 0 Å². The van der Waals surface area contributed by atoms with Crippen LogP contribution in [0.3, 0.4) is 0 Å². The van der Waals surface area contributed by atoms with Crippen LogP contribution in [0.15, 0.2) is 11.6 Å². The van der Waals surface area contributed by atoms with Crippen molar-refractivity contribution in [2.75, 3.05) is 13.1 Å². The van der Waals surface area contributed by atoms with Gasteiger partial charge in [0, 0.05) is 12.6 Å². The summed E-state index contributed by atoms with van der Waals surface area (Å²) >= 11 is 0. The first-order chi connectivity index (χ1) is 6.09. The molecule has 0 aliphatic carbocycles. The van der Waals surface area contributed by atoms with E-state index >= 15 is 0 Å². The van der Waals surface area contributed by atoms with Crippen molar-refractivity contribution < 1.29 is 0 Å². The monoisotopic (exact) mass is 181 g/mol. The van der Waals surface area contributed by atoms with Gasteiger partial charge in [-0.25, -0.2) is 0 Å². The van der Waals surface area contributed by atoms with Gasteiger partial charge in [0.25, 0.3) is 0 Å². The minimum absolute atomic E-state index is 0.777. The Labute approximate surface area is 82.8 Å². The number of rotatable bonds is 2. The quantitative estimate of drug-likeness (QED) is 0.592. The molecule has 0 aromatic heterocycles. The fourth-order valence-electron chi connectivity index (χ4n) is 2.03. The first-order valence-corrected chi connectivity index (χ1v) is 5.47. The van der Waals surface area contributed by atoms with E-state index in [9.17, 15) is 0 Å². The Morgan fingerprint density at radius 1 is 1.38 bits per heavy atom. The van der Waals surface area contributed by atoms with Crippen LogP contribution < -0.4 is 0 Å². The molecule has 2 atom stereocenters. The standard InChI is InChI=1S/C12H23N/c1-10(2)5-7-13-8-6-11(3)9-12(13)4/h5,11-12H,6-9H2,1-4H3. The maximum absolute atomic E-state index is 2.59. The topological polar surface area (TPSA) is 3.24 Å². The molecule has 1 aliphatic heterocycles. The maximum Gasteiger partial charge on any atom is 0.0168 e. The van der Waals surface area contributed by atoms with Gasteiger partial charge < -0.3 is 0 Å². The predicted octanol–water partition coefficient (Wildman–Crippen LogP) is 3.07. The Morgan fingerprint density at radius 3 is 2.62 bits per heavy atom. The van der Waals surface area contributed by atoms with E-state index in [2.05, 4.69) is 38.7 Å². The highest BCUT2D eigenvalue weighted by Gasteiger charge is 2.21. The molecule has 0 spiro atoms. The number of hydrogen-bond acceptors (Lipinski definition) is 1. The summed E-state index contributed by atoms with van der Waals surface area (Å²) in [7, 11) is 0. The molecule has 0 saturated carbocycles. The van der Waals surface area contributed by atoms with E-state index in [1.165, 1.54) is 25.0 Å². The summed E-state index contributed by atoms with van der Waals surface area (Å²) in [6, 6.07) is 0.777. The molecule has 0 amide bonds. The highest BCUT2D eigenvalue weighted by molar-refractivity contribution is 4.96. The second-order valence-electron chi connectivity index (χ2n) is 4.75. The number of piperidine rings is 1. The molecule has 1 rings (SSSR count). The number of hydrogen-bond donors (Lipinski definition) is 0. The Bertz CT molecular complexity index is 180. The Kier molecular flexibility index (Phi) is 3.98. The van der Waals surface area contributed by atoms with Gasteiger partial charge in [-0.3, -0.25) is 4.90 Å². The Morgan fingerprint density at radius 2 is 2.08 bits per heavy atom. The second-order valence-corrected chi connectivity index (χ2v) is 4.75. The van der Waals surface area contributed by atoms with Gasteiger partial charge in [0.05, 0.1) is 0 Å². The third-order valence-electron chi connectivity index (χ3n) is 3.01. The Hall–Kier alpha value is -0.300. The zero-order valence-corrected chi connectivity index (χ0v) is 9.51. The second kappa shape index (κ2) is 4.80. The lowest BCUT2D eigenvalue weighted by molar-refractivity contribution is 0.144. The van der Waals surface area contributed by atoms with Crippen molar-refractivity contribution in [1.29, 1.82) is 0 Å². The van der Waals surface area contributed by atoms with Crippen molar-refractivity contribution in [1.82, 2.24) is 4.90 Å². The molecule has 1 saturated heterocycles. The summed E-state index contributed by atoms with van der Waals surface area (Å²) in [5.41, 5.74) is 1.44. The summed E-state index contributed by atoms with van der Waals surface area (Å²) in [6.07, 6.45) is 5.09. The minimum atomic E-state index is 0.777. The molecule has 2 unspecified atom stereocenters. The van der Waals surface area contributed by atoms with E-state index in [0.29, 0.717) is 0 Å². The third kappa shape index (κ3) is 3.51. The van der Waals surface area contributed by atoms with Gasteiger partial charge in [-0.2, -0.15) is 0 Å². The number of nitrogens with zero attached hydrogens (tertiary/aromatic N) is 1. The molecule has 1 nitrogen and oxygen atoms in total. The molecule has 1 aliphatic rings. The van der Waals surface area contributed by atoms with Crippen LogP contribution in [0.4, 0.5) is 0 Å². The SMILES string of the molecule is CC(C)=CCN1CCC(C)CC1C. The van der Waals surface area contributed by atoms with Gasteiger partial charge in [0.1, 0.15) is 0 Å². The normalized spacial score (nSPS) is 30.2. The fraction of sp³-hybridized carbons (Fsp3) is 0.833. The number of likely N-dealkylation sites (tertiary alicyclic amines) is 1. The Balaban J connectivity index is 2.38. The van der Waals surface area contributed by atoms with Crippen LogP contribution in [-0.4, -0.2) is 24.0 Å². The zero-order valence-electron chi connectivity index (χ0n) is 9.51. The average molecular weight is 181 g/mol. The first-order valence-electron chi connectivity index (χ1n) is 5.47. The summed E-state index contributed by atoms with van der Waals surface area (Å²) < 4.78 is 0. The smallest absolute Gasteiger partial charge is 0.0168 e. The van der Waals surface area contributed by atoms with E-state index in [4.69, 9.17) is 0 Å². The molecule has 0 N–H and O–H groups in total. The predicted molar refractivity (Wildman–Crippen MR) is 58.9 cm³/mol. The molecule has 0 aromatic rings. The van der Waals surface area contributed by atoms with Crippen LogP contribution in [0.2, 0.25) is 0 Å². The third-order valence-corrected chi connectivity index (χ3v) is 3.01. The van der Waals surface area contributed by atoms with Crippen LogP contribution in [0.5, 0.6) is 0 Å². The van der Waals surface area contributed by atoms with Crippen molar-refractivity contribution in [2.45, 2.75) is 46.6 Å². The van der Waals surface area contributed by atoms with E-state index in [1.54, 1.807) is 0 Å². The average Bonchev–Trinajstić information content (AvgIpc) is 2.02. The molecule has 76 valence electrons. The molecule has 0 aromatic carbocycles. The molecule has 13 heavy (non-hydrogen) atoms. The largest absolute Gasteiger partial charge is 0.297 e. The summed E-state index contributed by atoms with van der Waals surface area (Å²) in [4.78, 5) is 2.59. The van der Waals surface area contributed by atoms with Crippen molar-refractivity contribution >= 4 is 0 Å². The zero-order chi connectivity index (χ0) is 9.84. The van der Waals surface area contributed by atoms with Crippen molar-refractivity contribution in [2.24, 2.45) is 5.92 Å². The van der Waals surface area contributed by atoms with Gasteiger partial charge >= 0.3 is 0 Å². The lowest BCUT2D eigenvalue weighted by Crippen LogP contribution is -2.40. The molecule has 0 bridgehead atoms. The summed E-state index contributed by atoms with van der Waals surface area (Å²) in [5.74, 6) is 0.929. The van der Waals surface area contributed by atoms with E-state index < -0.39 is 0 Å². The van der Waals surface area contributed by atoms with Crippen LogP contribution >= 0.6 is 0 Å². The molecule has 1 heteroatoms. The fourth-order valence-corrected chi connectivity index (χ4v) is 2.03.